The van der Waals surface area contributed by atoms with Crippen LogP contribution in [-0.4, -0.2) is 10.3 Å². The minimum absolute atomic E-state index is 0.294. The van der Waals surface area contributed by atoms with Crippen LogP contribution in [0.15, 0.2) is 30.6 Å². The van der Waals surface area contributed by atoms with E-state index < -0.39 is 0 Å². The highest BCUT2D eigenvalue weighted by Gasteiger charge is 2.00. The first-order valence-electron chi connectivity index (χ1n) is 4.51. The molecule has 3 nitrogen and oxygen atoms in total. The maximum atomic E-state index is 10.7. The lowest BCUT2D eigenvalue weighted by atomic mass is 10.2. The molecule has 1 amide bonds. The summed E-state index contributed by atoms with van der Waals surface area (Å²) in [6.07, 6.45) is 4.30. The Morgan fingerprint density at radius 3 is 3.00 bits per heavy atom. The number of fused-ring (bicyclic) bond motifs is 1. The summed E-state index contributed by atoms with van der Waals surface area (Å²) >= 11 is 0. The van der Waals surface area contributed by atoms with Crippen molar-refractivity contribution in [3.05, 3.63) is 41.7 Å². The van der Waals surface area contributed by atoms with E-state index in [1.165, 1.54) is 5.56 Å². The van der Waals surface area contributed by atoms with Gasteiger partial charge in [-0.1, -0.05) is 0 Å². The molecule has 2 aromatic heterocycles. The Kier molecular flexibility index (Phi) is 2.00. The molecular formula is C11H12N2O. The largest absolute Gasteiger partial charge is 0.369 e. The summed E-state index contributed by atoms with van der Waals surface area (Å²) in [6, 6.07) is 5.97. The van der Waals surface area contributed by atoms with Crippen LogP contribution in [-0.2, 0) is 11.2 Å². The Morgan fingerprint density at radius 2 is 2.29 bits per heavy atom. The molecule has 0 aromatic carbocycles. The molecule has 0 radical (unpaired) electrons. The van der Waals surface area contributed by atoms with Crippen LogP contribution in [0.3, 0.4) is 0 Å². The number of nitrogens with zero attached hydrogens (tertiary/aromatic N) is 1. The Bertz CT molecular complexity index is 485. The summed E-state index contributed by atoms with van der Waals surface area (Å²) in [5.74, 6) is -0.294. The first-order valence-corrected chi connectivity index (χ1v) is 4.51. The van der Waals surface area contributed by atoms with E-state index in [9.17, 15) is 4.79 Å². The van der Waals surface area contributed by atoms with Gasteiger partial charge in [0.2, 0.25) is 5.91 Å². The first kappa shape index (κ1) is 8.81. The van der Waals surface area contributed by atoms with Crippen molar-refractivity contribution in [1.29, 1.82) is 0 Å². The minimum atomic E-state index is -0.294. The van der Waals surface area contributed by atoms with Crippen molar-refractivity contribution in [3.8, 4) is 0 Å². The number of carbonyl (C=O) groups excluding carboxylic acids is 1. The summed E-state index contributed by atoms with van der Waals surface area (Å²) in [6.45, 7) is 2.04. The van der Waals surface area contributed by atoms with Crippen molar-refractivity contribution in [2.75, 3.05) is 0 Å². The lowest BCUT2D eigenvalue weighted by molar-refractivity contribution is -0.117. The smallest absolute Gasteiger partial charge is 0.221 e. The third kappa shape index (κ3) is 1.62. The van der Waals surface area contributed by atoms with Crippen molar-refractivity contribution >= 4 is 11.4 Å². The fourth-order valence-corrected chi connectivity index (χ4v) is 1.61. The van der Waals surface area contributed by atoms with Crippen molar-refractivity contribution in [1.82, 2.24) is 4.40 Å². The fraction of sp³-hybridized carbons (Fsp3) is 0.182. The summed E-state index contributed by atoms with van der Waals surface area (Å²) in [7, 11) is 0. The number of amides is 1. The zero-order valence-electron chi connectivity index (χ0n) is 8.03. The Labute approximate surface area is 82.1 Å². The van der Waals surface area contributed by atoms with E-state index in [0.29, 0.717) is 6.42 Å². The van der Waals surface area contributed by atoms with E-state index in [-0.39, 0.29) is 5.91 Å². The molecule has 3 heteroatoms. The molecule has 0 saturated carbocycles. The number of carbonyl (C=O) groups is 1. The summed E-state index contributed by atoms with van der Waals surface area (Å²) in [5.41, 5.74) is 8.40. The highest BCUT2D eigenvalue weighted by Crippen LogP contribution is 2.11. The average molecular weight is 188 g/mol. The van der Waals surface area contributed by atoms with Crippen molar-refractivity contribution < 1.29 is 4.79 Å². The van der Waals surface area contributed by atoms with Gasteiger partial charge in [0.25, 0.3) is 0 Å². The molecular weight excluding hydrogens is 176 g/mol. The van der Waals surface area contributed by atoms with Crippen LogP contribution < -0.4 is 5.73 Å². The van der Waals surface area contributed by atoms with Crippen LogP contribution in [0.25, 0.3) is 5.52 Å². The number of aryl methyl sites for hydroxylation is 1. The second-order valence-corrected chi connectivity index (χ2v) is 3.53. The van der Waals surface area contributed by atoms with Crippen molar-refractivity contribution in [2.45, 2.75) is 13.3 Å². The van der Waals surface area contributed by atoms with E-state index in [4.69, 9.17) is 5.73 Å². The number of primary amides is 1. The zero-order valence-corrected chi connectivity index (χ0v) is 8.03. The van der Waals surface area contributed by atoms with Gasteiger partial charge in [0.1, 0.15) is 0 Å². The molecule has 0 saturated heterocycles. The van der Waals surface area contributed by atoms with Crippen molar-refractivity contribution in [2.24, 2.45) is 5.73 Å². The van der Waals surface area contributed by atoms with Crippen LogP contribution in [0.2, 0.25) is 0 Å². The number of hydrogen-bond donors (Lipinski definition) is 1. The number of rotatable bonds is 2. The van der Waals surface area contributed by atoms with Gasteiger partial charge in [-0.25, -0.2) is 0 Å². The normalized spacial score (nSPS) is 10.6. The van der Waals surface area contributed by atoms with E-state index in [2.05, 4.69) is 6.07 Å². The third-order valence-electron chi connectivity index (χ3n) is 2.18. The molecule has 14 heavy (non-hydrogen) atoms. The topological polar surface area (TPSA) is 47.5 Å². The number of aromatic nitrogens is 1. The monoisotopic (exact) mass is 188 g/mol. The molecule has 2 rings (SSSR count). The molecule has 2 aromatic rings. The number of nitrogens with two attached hydrogens (primary N) is 1. The molecule has 2 N–H and O–H groups in total. The SMILES string of the molecule is Cc1cc2cc(CC(N)=O)ccn2c1. The van der Waals surface area contributed by atoms with Gasteiger partial charge >= 0.3 is 0 Å². The number of pyridine rings is 1. The molecule has 0 aliphatic heterocycles. The van der Waals surface area contributed by atoms with Gasteiger partial charge in [-0.05, 0) is 36.2 Å². The van der Waals surface area contributed by atoms with E-state index in [0.717, 1.165) is 11.1 Å². The molecule has 0 fully saturated rings. The van der Waals surface area contributed by atoms with Gasteiger partial charge in [-0.2, -0.15) is 0 Å². The molecule has 0 aliphatic carbocycles. The summed E-state index contributed by atoms with van der Waals surface area (Å²) < 4.78 is 2.03. The quantitative estimate of drug-likeness (QED) is 0.758. The Hall–Kier alpha value is -1.77. The second-order valence-electron chi connectivity index (χ2n) is 3.53. The molecule has 72 valence electrons. The fourth-order valence-electron chi connectivity index (χ4n) is 1.61. The maximum Gasteiger partial charge on any atom is 0.221 e. The van der Waals surface area contributed by atoms with Gasteiger partial charge < -0.3 is 10.1 Å². The van der Waals surface area contributed by atoms with Gasteiger partial charge in [0.05, 0.1) is 6.42 Å². The van der Waals surface area contributed by atoms with Crippen molar-refractivity contribution in [3.63, 3.8) is 0 Å². The zero-order chi connectivity index (χ0) is 10.1. The molecule has 0 spiro atoms. The van der Waals surface area contributed by atoms with Crippen LogP contribution in [0.4, 0.5) is 0 Å². The number of hydrogen-bond acceptors (Lipinski definition) is 1. The van der Waals surface area contributed by atoms with Gasteiger partial charge in [0.15, 0.2) is 0 Å². The first-order chi connectivity index (χ1) is 6.65. The molecule has 0 aliphatic rings. The molecule has 0 atom stereocenters. The van der Waals surface area contributed by atoms with Crippen LogP contribution in [0.1, 0.15) is 11.1 Å². The second kappa shape index (κ2) is 3.18. The highest BCUT2D eigenvalue weighted by atomic mass is 16.1. The Morgan fingerprint density at radius 1 is 1.50 bits per heavy atom. The lowest BCUT2D eigenvalue weighted by Crippen LogP contribution is -2.13. The predicted molar refractivity (Wildman–Crippen MR) is 55.0 cm³/mol. The lowest BCUT2D eigenvalue weighted by Gasteiger charge is -1.99. The van der Waals surface area contributed by atoms with Crippen LogP contribution in [0, 0.1) is 6.92 Å². The van der Waals surface area contributed by atoms with Gasteiger partial charge in [-0.3, -0.25) is 4.79 Å². The molecule has 0 unspecified atom stereocenters. The predicted octanol–water partition coefficient (Wildman–Crippen LogP) is 1.28. The van der Waals surface area contributed by atoms with Crippen LogP contribution >= 0.6 is 0 Å². The van der Waals surface area contributed by atoms with Gasteiger partial charge in [0, 0.05) is 17.9 Å². The van der Waals surface area contributed by atoms with E-state index in [1.807, 2.05) is 35.9 Å². The summed E-state index contributed by atoms with van der Waals surface area (Å²) in [4.78, 5) is 10.7. The van der Waals surface area contributed by atoms with Crippen LogP contribution in [0.5, 0.6) is 0 Å². The maximum absolute atomic E-state index is 10.7. The minimum Gasteiger partial charge on any atom is -0.369 e. The standard InChI is InChI=1S/C11H12N2O/c1-8-4-10-5-9(6-11(12)14)2-3-13(10)7-8/h2-5,7H,6H2,1H3,(H2,12,14). The van der Waals surface area contributed by atoms with E-state index in [1.54, 1.807) is 0 Å². The van der Waals surface area contributed by atoms with E-state index >= 15 is 0 Å². The average Bonchev–Trinajstić information content (AvgIpc) is 2.42. The third-order valence-corrected chi connectivity index (χ3v) is 2.18. The Balaban J connectivity index is 2.45. The molecule has 0 bridgehead atoms. The molecule has 2 heterocycles. The summed E-state index contributed by atoms with van der Waals surface area (Å²) in [5, 5.41) is 0. The van der Waals surface area contributed by atoms with Gasteiger partial charge in [-0.15, -0.1) is 0 Å². The highest BCUT2D eigenvalue weighted by molar-refractivity contribution is 5.77.